The molecule has 0 saturated carbocycles. The van der Waals surface area contributed by atoms with Crippen LogP contribution in [0.25, 0.3) is 0 Å². The number of hydrogen-bond donors (Lipinski definition) is 2. The van der Waals surface area contributed by atoms with Crippen LogP contribution in [0.3, 0.4) is 0 Å². The van der Waals surface area contributed by atoms with Crippen molar-refractivity contribution in [3.63, 3.8) is 0 Å². The highest BCUT2D eigenvalue weighted by Gasteiger charge is 2.16. The van der Waals surface area contributed by atoms with Gasteiger partial charge in [-0.1, -0.05) is 12.1 Å². The molecule has 1 aromatic rings. The van der Waals surface area contributed by atoms with E-state index in [4.69, 9.17) is 10.5 Å². The van der Waals surface area contributed by atoms with E-state index in [0.717, 1.165) is 5.56 Å². The molecule has 106 valence electrons. The molecule has 0 heterocycles. The van der Waals surface area contributed by atoms with E-state index in [0.29, 0.717) is 18.6 Å². The molecule has 5 heteroatoms. The van der Waals surface area contributed by atoms with Gasteiger partial charge in [0.15, 0.2) is 0 Å². The molecule has 2 atom stereocenters. The molecule has 0 aliphatic carbocycles. The molecule has 1 amide bonds. The topological polar surface area (TPSA) is 64.3 Å². The predicted molar refractivity (Wildman–Crippen MR) is 72.2 cm³/mol. The molecule has 2 unspecified atom stereocenters. The first kappa shape index (κ1) is 15.6. The minimum absolute atomic E-state index is 0.259. The fourth-order valence-corrected chi connectivity index (χ4v) is 1.66. The van der Waals surface area contributed by atoms with Gasteiger partial charge in [-0.2, -0.15) is 0 Å². The maximum absolute atomic E-state index is 13.4. The van der Waals surface area contributed by atoms with Crippen LogP contribution in [0.1, 0.15) is 30.5 Å². The number of amides is 1. The van der Waals surface area contributed by atoms with Gasteiger partial charge in [0.25, 0.3) is 0 Å². The lowest BCUT2D eigenvalue weighted by atomic mass is 10.1. The quantitative estimate of drug-likeness (QED) is 0.825. The number of rotatable bonds is 6. The lowest BCUT2D eigenvalue weighted by Gasteiger charge is -2.18. The van der Waals surface area contributed by atoms with E-state index in [9.17, 15) is 9.18 Å². The van der Waals surface area contributed by atoms with E-state index in [1.165, 1.54) is 6.07 Å². The average molecular weight is 268 g/mol. The van der Waals surface area contributed by atoms with E-state index in [1.807, 2.05) is 0 Å². The molecule has 3 N–H and O–H groups in total. The molecule has 0 aromatic heterocycles. The van der Waals surface area contributed by atoms with Crippen LogP contribution in [0.2, 0.25) is 0 Å². The van der Waals surface area contributed by atoms with Gasteiger partial charge in [0.05, 0.1) is 12.1 Å². The highest BCUT2D eigenvalue weighted by Crippen LogP contribution is 2.16. The molecule has 1 rings (SSSR count). The highest BCUT2D eigenvalue weighted by molar-refractivity contribution is 5.81. The Balaban J connectivity index is 2.60. The van der Waals surface area contributed by atoms with Gasteiger partial charge in [-0.15, -0.1) is 0 Å². The first-order valence-electron chi connectivity index (χ1n) is 6.26. The van der Waals surface area contributed by atoms with Crippen molar-refractivity contribution in [2.75, 3.05) is 13.7 Å². The molecule has 0 spiro atoms. The molecule has 0 bridgehead atoms. The van der Waals surface area contributed by atoms with E-state index in [1.54, 1.807) is 33.1 Å². The van der Waals surface area contributed by atoms with Crippen LogP contribution in [0, 0.1) is 12.7 Å². The van der Waals surface area contributed by atoms with Gasteiger partial charge in [-0.3, -0.25) is 4.79 Å². The zero-order chi connectivity index (χ0) is 14.4. The number of ether oxygens (including phenoxy) is 1. The van der Waals surface area contributed by atoms with E-state index >= 15 is 0 Å². The van der Waals surface area contributed by atoms with Gasteiger partial charge in [0.2, 0.25) is 5.91 Å². The minimum atomic E-state index is -0.613. The van der Waals surface area contributed by atoms with Crippen LogP contribution in [-0.2, 0) is 9.53 Å². The molecule has 1 aromatic carbocycles. The Labute approximate surface area is 113 Å². The Morgan fingerprint density at radius 1 is 1.53 bits per heavy atom. The number of hydrogen-bond acceptors (Lipinski definition) is 3. The van der Waals surface area contributed by atoms with Gasteiger partial charge in [0, 0.05) is 13.7 Å². The third kappa shape index (κ3) is 4.61. The maximum atomic E-state index is 13.4. The Hall–Kier alpha value is -1.46. The summed E-state index contributed by atoms with van der Waals surface area (Å²) in [5, 5.41) is 2.77. The second kappa shape index (κ2) is 7.21. The van der Waals surface area contributed by atoms with Crippen LogP contribution in [0.15, 0.2) is 18.2 Å². The first-order chi connectivity index (χ1) is 8.95. The Morgan fingerprint density at radius 2 is 2.21 bits per heavy atom. The molecular weight excluding hydrogens is 247 g/mol. The van der Waals surface area contributed by atoms with Crippen molar-refractivity contribution in [1.82, 2.24) is 5.32 Å². The van der Waals surface area contributed by atoms with Crippen molar-refractivity contribution >= 4 is 5.91 Å². The SMILES string of the molecule is COCCC(N)C(=O)NC(C)c1ccc(C)c(F)c1. The lowest BCUT2D eigenvalue weighted by molar-refractivity contribution is -0.123. The zero-order valence-corrected chi connectivity index (χ0v) is 11.6. The summed E-state index contributed by atoms with van der Waals surface area (Å²) in [6.45, 7) is 3.93. The van der Waals surface area contributed by atoms with Crippen molar-refractivity contribution in [2.45, 2.75) is 32.4 Å². The van der Waals surface area contributed by atoms with Gasteiger partial charge in [-0.05, 0) is 37.5 Å². The molecule has 19 heavy (non-hydrogen) atoms. The van der Waals surface area contributed by atoms with Gasteiger partial charge in [0.1, 0.15) is 5.82 Å². The van der Waals surface area contributed by atoms with E-state index in [-0.39, 0.29) is 17.8 Å². The van der Waals surface area contributed by atoms with Crippen molar-refractivity contribution in [2.24, 2.45) is 5.73 Å². The summed E-state index contributed by atoms with van der Waals surface area (Å²) >= 11 is 0. The van der Waals surface area contributed by atoms with Crippen LogP contribution < -0.4 is 11.1 Å². The maximum Gasteiger partial charge on any atom is 0.237 e. The van der Waals surface area contributed by atoms with Crippen molar-refractivity contribution in [1.29, 1.82) is 0 Å². The molecule has 0 radical (unpaired) electrons. The highest BCUT2D eigenvalue weighted by atomic mass is 19.1. The summed E-state index contributed by atoms with van der Waals surface area (Å²) in [4.78, 5) is 11.8. The summed E-state index contributed by atoms with van der Waals surface area (Å²) in [5.41, 5.74) is 7.02. The van der Waals surface area contributed by atoms with Crippen molar-refractivity contribution in [3.05, 3.63) is 35.1 Å². The smallest absolute Gasteiger partial charge is 0.237 e. The number of carbonyl (C=O) groups excluding carboxylic acids is 1. The summed E-state index contributed by atoms with van der Waals surface area (Å²) < 4.78 is 18.3. The average Bonchev–Trinajstić information content (AvgIpc) is 2.38. The molecular formula is C14H21FN2O2. The largest absolute Gasteiger partial charge is 0.385 e. The second-order valence-electron chi connectivity index (χ2n) is 4.63. The Bertz CT molecular complexity index is 437. The monoisotopic (exact) mass is 268 g/mol. The van der Waals surface area contributed by atoms with Gasteiger partial charge >= 0.3 is 0 Å². The normalized spacial score (nSPS) is 13.9. The lowest BCUT2D eigenvalue weighted by Crippen LogP contribution is -2.42. The van der Waals surface area contributed by atoms with E-state index in [2.05, 4.69) is 5.32 Å². The van der Waals surface area contributed by atoms with Crippen molar-refractivity contribution in [3.8, 4) is 0 Å². The fraction of sp³-hybridized carbons (Fsp3) is 0.500. The standard InChI is InChI=1S/C14H21FN2O2/c1-9-4-5-11(8-12(9)15)10(2)17-14(18)13(16)6-7-19-3/h4-5,8,10,13H,6-7,16H2,1-3H3,(H,17,18). The fourth-order valence-electron chi connectivity index (χ4n) is 1.66. The van der Waals surface area contributed by atoms with Crippen LogP contribution in [0.4, 0.5) is 4.39 Å². The minimum Gasteiger partial charge on any atom is -0.385 e. The molecule has 0 aliphatic rings. The number of nitrogens with one attached hydrogen (secondary N) is 1. The number of halogens is 1. The molecule has 4 nitrogen and oxygen atoms in total. The molecule has 0 saturated heterocycles. The molecule has 0 fully saturated rings. The number of aryl methyl sites for hydroxylation is 1. The van der Waals surface area contributed by atoms with Crippen LogP contribution >= 0.6 is 0 Å². The third-order valence-electron chi connectivity index (χ3n) is 3.02. The van der Waals surface area contributed by atoms with Gasteiger partial charge < -0.3 is 15.8 Å². The number of methoxy groups -OCH3 is 1. The third-order valence-corrected chi connectivity index (χ3v) is 3.02. The van der Waals surface area contributed by atoms with Crippen LogP contribution in [-0.4, -0.2) is 25.7 Å². The number of nitrogens with two attached hydrogens (primary N) is 1. The summed E-state index contributed by atoms with van der Waals surface area (Å²) in [6, 6.07) is 4.03. The van der Waals surface area contributed by atoms with E-state index < -0.39 is 6.04 Å². The number of benzene rings is 1. The Morgan fingerprint density at radius 3 is 2.79 bits per heavy atom. The second-order valence-corrected chi connectivity index (χ2v) is 4.63. The first-order valence-corrected chi connectivity index (χ1v) is 6.26. The number of carbonyl (C=O) groups is 1. The molecule has 0 aliphatic heterocycles. The van der Waals surface area contributed by atoms with Gasteiger partial charge in [-0.25, -0.2) is 4.39 Å². The van der Waals surface area contributed by atoms with Crippen LogP contribution in [0.5, 0.6) is 0 Å². The summed E-state index contributed by atoms with van der Waals surface area (Å²) in [5.74, 6) is -0.534. The Kier molecular flexibility index (Phi) is 5.92. The van der Waals surface area contributed by atoms with Crippen molar-refractivity contribution < 1.29 is 13.9 Å². The summed E-state index contributed by atoms with van der Waals surface area (Å²) in [6.07, 6.45) is 0.456. The zero-order valence-electron chi connectivity index (χ0n) is 11.6. The summed E-state index contributed by atoms with van der Waals surface area (Å²) in [7, 11) is 1.56. The predicted octanol–water partition coefficient (Wildman–Crippen LogP) is 1.68.